The van der Waals surface area contributed by atoms with E-state index in [1.165, 1.54) is 0 Å². The summed E-state index contributed by atoms with van der Waals surface area (Å²) in [6, 6.07) is 1.96. The molecule has 1 saturated heterocycles. The van der Waals surface area contributed by atoms with Crippen molar-refractivity contribution in [2.75, 3.05) is 43.4 Å². The molecule has 0 radical (unpaired) electrons. The summed E-state index contributed by atoms with van der Waals surface area (Å²) in [5, 5.41) is 9.81. The molecule has 0 aliphatic carbocycles. The predicted octanol–water partition coefficient (Wildman–Crippen LogP) is 0.557. The summed E-state index contributed by atoms with van der Waals surface area (Å²) in [5.74, 6) is 0. The van der Waals surface area contributed by atoms with Gasteiger partial charge >= 0.3 is 0 Å². The first kappa shape index (κ1) is 13.1. The summed E-state index contributed by atoms with van der Waals surface area (Å²) < 4.78 is 0. The van der Waals surface area contributed by atoms with Crippen LogP contribution in [-0.2, 0) is 0 Å². The smallest absolute Gasteiger partial charge is 0.0718 e. The molecule has 0 atom stereocenters. The maximum absolute atomic E-state index is 9.81. The highest BCUT2D eigenvalue weighted by atomic mass is 16.3. The van der Waals surface area contributed by atoms with Crippen molar-refractivity contribution in [1.82, 2.24) is 9.88 Å². The minimum absolute atomic E-state index is 0.624. The van der Waals surface area contributed by atoms with Crippen LogP contribution in [-0.4, -0.2) is 53.3 Å². The Morgan fingerprint density at radius 3 is 2.50 bits per heavy atom. The van der Waals surface area contributed by atoms with Crippen molar-refractivity contribution in [1.29, 1.82) is 0 Å². The van der Waals surface area contributed by atoms with Gasteiger partial charge in [-0.2, -0.15) is 0 Å². The Bertz CT molecular complexity index is 394. The van der Waals surface area contributed by atoms with E-state index in [9.17, 15) is 5.11 Å². The van der Waals surface area contributed by atoms with Gasteiger partial charge in [0.25, 0.3) is 0 Å². The van der Waals surface area contributed by atoms with Crippen LogP contribution in [0.15, 0.2) is 18.5 Å². The first-order valence-electron chi connectivity index (χ1n) is 6.34. The SMILES string of the molecule is CC(C)(O)CN1CCN(c2cncc(N)c2)CC1. The summed E-state index contributed by atoms with van der Waals surface area (Å²) in [4.78, 5) is 8.69. The van der Waals surface area contributed by atoms with Gasteiger partial charge in [0, 0.05) is 38.9 Å². The Labute approximate surface area is 108 Å². The number of hydrogen-bond acceptors (Lipinski definition) is 5. The number of piperazine rings is 1. The standard InChI is InChI=1S/C13H22N4O/c1-13(2,18)10-16-3-5-17(6-4-16)12-7-11(14)8-15-9-12/h7-9,18H,3-6,10,14H2,1-2H3. The van der Waals surface area contributed by atoms with Gasteiger partial charge in [-0.3, -0.25) is 9.88 Å². The van der Waals surface area contributed by atoms with Crippen molar-refractivity contribution in [2.24, 2.45) is 0 Å². The number of nitrogens with zero attached hydrogens (tertiary/aromatic N) is 3. The minimum Gasteiger partial charge on any atom is -0.397 e. The molecule has 2 rings (SSSR count). The van der Waals surface area contributed by atoms with Gasteiger partial charge < -0.3 is 15.7 Å². The van der Waals surface area contributed by atoms with Crippen LogP contribution in [0, 0.1) is 0 Å². The molecular weight excluding hydrogens is 228 g/mol. The molecule has 1 fully saturated rings. The first-order chi connectivity index (χ1) is 8.44. The molecule has 18 heavy (non-hydrogen) atoms. The molecule has 5 heteroatoms. The van der Waals surface area contributed by atoms with Crippen molar-refractivity contribution < 1.29 is 5.11 Å². The molecule has 2 heterocycles. The Hall–Kier alpha value is -1.33. The van der Waals surface area contributed by atoms with Crippen molar-refractivity contribution in [3.63, 3.8) is 0 Å². The van der Waals surface area contributed by atoms with Gasteiger partial charge in [-0.15, -0.1) is 0 Å². The molecule has 1 aromatic rings. The van der Waals surface area contributed by atoms with E-state index in [0.717, 1.165) is 38.4 Å². The number of pyridine rings is 1. The fourth-order valence-corrected chi connectivity index (χ4v) is 2.33. The quantitative estimate of drug-likeness (QED) is 0.820. The Morgan fingerprint density at radius 1 is 1.28 bits per heavy atom. The van der Waals surface area contributed by atoms with Gasteiger partial charge in [-0.1, -0.05) is 0 Å². The lowest BCUT2D eigenvalue weighted by Gasteiger charge is -2.38. The van der Waals surface area contributed by atoms with Crippen molar-refractivity contribution >= 4 is 11.4 Å². The topological polar surface area (TPSA) is 65.6 Å². The van der Waals surface area contributed by atoms with Gasteiger partial charge in [0.1, 0.15) is 0 Å². The summed E-state index contributed by atoms with van der Waals surface area (Å²) in [6.07, 6.45) is 3.51. The summed E-state index contributed by atoms with van der Waals surface area (Å²) in [5.41, 5.74) is 6.90. The molecule has 0 aromatic carbocycles. The highest BCUT2D eigenvalue weighted by Crippen LogP contribution is 2.18. The second kappa shape index (κ2) is 5.12. The number of nitrogen functional groups attached to an aromatic ring is 1. The van der Waals surface area contributed by atoms with E-state index < -0.39 is 5.60 Å². The van der Waals surface area contributed by atoms with Crippen molar-refractivity contribution in [3.05, 3.63) is 18.5 Å². The highest BCUT2D eigenvalue weighted by Gasteiger charge is 2.22. The second-order valence-electron chi connectivity index (χ2n) is 5.55. The number of nitrogens with two attached hydrogens (primary N) is 1. The van der Waals surface area contributed by atoms with Crippen LogP contribution < -0.4 is 10.6 Å². The van der Waals surface area contributed by atoms with Gasteiger partial charge in [-0.25, -0.2) is 0 Å². The number of anilines is 2. The van der Waals surface area contributed by atoms with E-state index in [2.05, 4.69) is 14.8 Å². The zero-order valence-electron chi connectivity index (χ0n) is 11.1. The first-order valence-corrected chi connectivity index (χ1v) is 6.34. The fourth-order valence-electron chi connectivity index (χ4n) is 2.33. The average Bonchev–Trinajstić information content (AvgIpc) is 2.28. The van der Waals surface area contributed by atoms with Crippen LogP contribution in [0.3, 0.4) is 0 Å². The van der Waals surface area contributed by atoms with Crippen LogP contribution in [0.25, 0.3) is 0 Å². The van der Waals surface area contributed by atoms with E-state index in [4.69, 9.17) is 5.73 Å². The number of aliphatic hydroxyl groups is 1. The minimum atomic E-state index is -0.624. The van der Waals surface area contributed by atoms with Crippen molar-refractivity contribution in [2.45, 2.75) is 19.4 Å². The second-order valence-corrected chi connectivity index (χ2v) is 5.55. The van der Waals surface area contributed by atoms with Gasteiger partial charge in [0.2, 0.25) is 0 Å². The fraction of sp³-hybridized carbons (Fsp3) is 0.615. The van der Waals surface area contributed by atoms with Gasteiger partial charge in [-0.05, 0) is 19.9 Å². The van der Waals surface area contributed by atoms with Crippen LogP contribution >= 0.6 is 0 Å². The highest BCUT2D eigenvalue weighted by molar-refractivity contribution is 5.53. The van der Waals surface area contributed by atoms with Crippen molar-refractivity contribution in [3.8, 4) is 0 Å². The number of rotatable bonds is 3. The van der Waals surface area contributed by atoms with E-state index in [1.54, 1.807) is 6.20 Å². The lowest BCUT2D eigenvalue weighted by Crippen LogP contribution is -2.50. The molecule has 0 spiro atoms. The molecule has 0 unspecified atom stereocenters. The zero-order chi connectivity index (χ0) is 13.2. The Balaban J connectivity index is 1.91. The van der Waals surface area contributed by atoms with Gasteiger partial charge in [0.05, 0.1) is 23.2 Å². The molecule has 0 saturated carbocycles. The van der Waals surface area contributed by atoms with E-state index in [0.29, 0.717) is 5.69 Å². The molecule has 0 bridgehead atoms. The van der Waals surface area contributed by atoms with Crippen LogP contribution in [0.1, 0.15) is 13.8 Å². The number of β-amino-alcohol motifs (C(OH)–C–C–N with tert-alkyl or cyclic N) is 1. The maximum Gasteiger partial charge on any atom is 0.0718 e. The number of aromatic nitrogens is 1. The molecule has 1 aliphatic heterocycles. The molecular formula is C13H22N4O. The lowest BCUT2D eigenvalue weighted by atomic mass is 10.1. The van der Waals surface area contributed by atoms with E-state index in [1.807, 2.05) is 26.1 Å². The number of hydrogen-bond donors (Lipinski definition) is 2. The van der Waals surface area contributed by atoms with Crippen LogP contribution in [0.2, 0.25) is 0 Å². The third-order valence-electron chi connectivity index (χ3n) is 3.09. The molecule has 1 aliphatic rings. The summed E-state index contributed by atoms with van der Waals surface area (Å²) >= 11 is 0. The normalized spacial score (nSPS) is 18.1. The predicted molar refractivity (Wildman–Crippen MR) is 73.6 cm³/mol. The molecule has 5 nitrogen and oxygen atoms in total. The lowest BCUT2D eigenvalue weighted by molar-refractivity contribution is 0.0345. The molecule has 3 N–H and O–H groups in total. The van der Waals surface area contributed by atoms with E-state index >= 15 is 0 Å². The van der Waals surface area contributed by atoms with Crippen LogP contribution in [0.5, 0.6) is 0 Å². The Kier molecular flexibility index (Phi) is 3.73. The average molecular weight is 250 g/mol. The van der Waals surface area contributed by atoms with Crippen LogP contribution in [0.4, 0.5) is 11.4 Å². The monoisotopic (exact) mass is 250 g/mol. The Morgan fingerprint density at radius 2 is 1.94 bits per heavy atom. The maximum atomic E-state index is 9.81. The third kappa shape index (κ3) is 3.58. The summed E-state index contributed by atoms with van der Waals surface area (Å²) in [6.45, 7) is 8.22. The molecule has 0 amide bonds. The van der Waals surface area contributed by atoms with E-state index in [-0.39, 0.29) is 0 Å². The molecule has 100 valence electrons. The third-order valence-corrected chi connectivity index (χ3v) is 3.09. The van der Waals surface area contributed by atoms with Gasteiger partial charge in [0.15, 0.2) is 0 Å². The largest absolute Gasteiger partial charge is 0.397 e. The zero-order valence-corrected chi connectivity index (χ0v) is 11.1. The summed E-state index contributed by atoms with van der Waals surface area (Å²) in [7, 11) is 0. The molecule has 1 aromatic heterocycles.